The smallest absolute Gasteiger partial charge is 0.258 e. The van der Waals surface area contributed by atoms with Gasteiger partial charge >= 0.3 is 0 Å². The molecule has 0 unspecified atom stereocenters. The Balaban J connectivity index is 1.63. The topological polar surface area (TPSA) is 52.2 Å². The normalized spacial score (nSPS) is 11.3. The van der Waals surface area contributed by atoms with Crippen LogP contribution in [0.25, 0.3) is 10.6 Å². The van der Waals surface area contributed by atoms with Crippen molar-refractivity contribution in [2.75, 3.05) is 0 Å². The van der Waals surface area contributed by atoms with Crippen LogP contribution in [0.1, 0.15) is 22.5 Å². The first-order chi connectivity index (χ1) is 12.5. The highest BCUT2D eigenvalue weighted by molar-refractivity contribution is 7.98. The van der Waals surface area contributed by atoms with E-state index in [0.717, 1.165) is 27.2 Å². The minimum absolute atomic E-state index is 0.0257. The zero-order chi connectivity index (χ0) is 18.3. The summed E-state index contributed by atoms with van der Waals surface area (Å²) in [6.07, 6.45) is 3.77. The molecular weight excluding hydrogens is 364 g/mol. The fraction of sp³-hybridized carbons (Fsp3) is 0.211. The SMILES string of the molecule is Cc1cccc(-n2ccnc2SCc2cc(=O)n3c(C)csc3n2)c1C. The van der Waals surface area contributed by atoms with Crippen LogP contribution in [0, 0.1) is 20.8 Å². The highest BCUT2D eigenvalue weighted by atomic mass is 32.2. The maximum Gasteiger partial charge on any atom is 0.258 e. The lowest BCUT2D eigenvalue weighted by molar-refractivity contribution is 0.884. The second-order valence-electron chi connectivity index (χ2n) is 6.17. The van der Waals surface area contributed by atoms with Crippen molar-refractivity contribution in [1.82, 2.24) is 18.9 Å². The quantitative estimate of drug-likeness (QED) is 0.497. The van der Waals surface area contributed by atoms with Crippen molar-refractivity contribution in [2.45, 2.75) is 31.7 Å². The summed E-state index contributed by atoms with van der Waals surface area (Å²) < 4.78 is 3.74. The average Bonchev–Trinajstić information content (AvgIpc) is 3.22. The van der Waals surface area contributed by atoms with Crippen molar-refractivity contribution in [3.63, 3.8) is 0 Å². The molecule has 0 spiro atoms. The van der Waals surface area contributed by atoms with Crippen molar-refractivity contribution < 1.29 is 0 Å². The lowest BCUT2D eigenvalue weighted by Gasteiger charge is -2.12. The highest BCUT2D eigenvalue weighted by Gasteiger charge is 2.11. The Labute approximate surface area is 159 Å². The number of thiazole rings is 1. The van der Waals surface area contributed by atoms with Crippen molar-refractivity contribution in [1.29, 1.82) is 0 Å². The van der Waals surface area contributed by atoms with Crippen LogP contribution in [-0.2, 0) is 5.75 Å². The van der Waals surface area contributed by atoms with Crippen LogP contribution in [-0.4, -0.2) is 18.9 Å². The lowest BCUT2D eigenvalue weighted by atomic mass is 10.1. The number of imidazole rings is 1. The van der Waals surface area contributed by atoms with Gasteiger partial charge in [0.25, 0.3) is 5.56 Å². The Morgan fingerprint density at radius 2 is 2.08 bits per heavy atom. The molecule has 1 aromatic carbocycles. The van der Waals surface area contributed by atoms with Crippen LogP contribution >= 0.6 is 23.1 Å². The number of thioether (sulfide) groups is 1. The number of hydrogen-bond acceptors (Lipinski definition) is 5. The summed E-state index contributed by atoms with van der Waals surface area (Å²) in [5.41, 5.74) is 5.29. The van der Waals surface area contributed by atoms with Crippen molar-refractivity contribution >= 4 is 28.1 Å². The second kappa shape index (κ2) is 6.74. The summed E-state index contributed by atoms with van der Waals surface area (Å²) in [5.74, 6) is 0.602. The highest BCUT2D eigenvalue weighted by Crippen LogP contribution is 2.26. The maximum absolute atomic E-state index is 12.3. The van der Waals surface area contributed by atoms with Crippen LogP contribution in [0.3, 0.4) is 0 Å². The number of fused-ring (bicyclic) bond motifs is 1. The standard InChI is InChI=1S/C19H18N4OS2/c1-12-5-4-6-16(14(12)3)22-8-7-20-18(22)26-11-15-9-17(24)23-13(2)10-25-19(23)21-15/h4-10H,11H2,1-3H3. The third kappa shape index (κ3) is 2.97. The van der Waals surface area contributed by atoms with Crippen molar-refractivity contribution in [3.8, 4) is 5.69 Å². The van der Waals surface area contributed by atoms with Crippen LogP contribution in [0.15, 0.2) is 52.0 Å². The van der Waals surface area contributed by atoms with E-state index in [4.69, 9.17) is 0 Å². The van der Waals surface area contributed by atoms with E-state index in [0.29, 0.717) is 5.75 Å². The van der Waals surface area contributed by atoms with Crippen molar-refractivity contribution in [3.05, 3.63) is 74.9 Å². The molecule has 0 aliphatic carbocycles. The number of rotatable bonds is 4. The molecule has 26 heavy (non-hydrogen) atoms. The van der Waals surface area contributed by atoms with Crippen LogP contribution in [0.4, 0.5) is 0 Å². The van der Waals surface area contributed by atoms with Gasteiger partial charge in [-0.25, -0.2) is 9.97 Å². The molecule has 4 aromatic rings. The largest absolute Gasteiger partial charge is 0.295 e. The Morgan fingerprint density at radius 3 is 2.92 bits per heavy atom. The van der Waals surface area contributed by atoms with E-state index in [1.807, 2.05) is 18.5 Å². The third-order valence-corrected chi connectivity index (χ3v) is 6.36. The molecule has 4 rings (SSSR count). The van der Waals surface area contributed by atoms with Gasteiger partial charge in [0.2, 0.25) is 0 Å². The summed E-state index contributed by atoms with van der Waals surface area (Å²) in [7, 11) is 0. The Kier molecular flexibility index (Phi) is 4.42. The van der Waals surface area contributed by atoms with Gasteiger partial charge in [0.1, 0.15) is 0 Å². The molecule has 0 amide bonds. The van der Waals surface area contributed by atoms with E-state index < -0.39 is 0 Å². The summed E-state index contributed by atoms with van der Waals surface area (Å²) in [6, 6.07) is 7.88. The van der Waals surface area contributed by atoms with Gasteiger partial charge in [0, 0.05) is 35.3 Å². The summed E-state index contributed by atoms with van der Waals surface area (Å²) in [5, 5.41) is 2.84. The molecule has 0 N–H and O–H groups in total. The van der Waals surface area contributed by atoms with Gasteiger partial charge in [-0.1, -0.05) is 23.9 Å². The average molecular weight is 383 g/mol. The minimum Gasteiger partial charge on any atom is -0.295 e. The van der Waals surface area contributed by atoms with Gasteiger partial charge in [0.05, 0.1) is 11.4 Å². The number of nitrogens with zero attached hydrogens (tertiary/aromatic N) is 4. The Hall–Kier alpha value is -2.38. The molecule has 132 valence electrons. The molecule has 0 aliphatic rings. The first kappa shape index (κ1) is 17.1. The number of hydrogen-bond donors (Lipinski definition) is 0. The summed E-state index contributed by atoms with van der Waals surface area (Å²) in [6.45, 7) is 6.15. The molecule has 0 radical (unpaired) electrons. The van der Waals surface area contributed by atoms with E-state index in [2.05, 4.69) is 46.6 Å². The molecule has 0 bridgehead atoms. The molecule has 0 saturated carbocycles. The van der Waals surface area contributed by atoms with Gasteiger partial charge in [-0.15, -0.1) is 11.3 Å². The Morgan fingerprint density at radius 1 is 1.23 bits per heavy atom. The monoisotopic (exact) mass is 382 g/mol. The minimum atomic E-state index is -0.0257. The lowest BCUT2D eigenvalue weighted by Crippen LogP contribution is -2.14. The first-order valence-corrected chi connectivity index (χ1v) is 10.1. The van der Waals surface area contributed by atoms with E-state index in [1.54, 1.807) is 28.4 Å². The summed E-state index contributed by atoms with van der Waals surface area (Å²) in [4.78, 5) is 22.2. The van der Waals surface area contributed by atoms with Gasteiger partial charge < -0.3 is 0 Å². The molecule has 3 aromatic heterocycles. The van der Waals surface area contributed by atoms with Crippen molar-refractivity contribution in [2.24, 2.45) is 0 Å². The van der Waals surface area contributed by atoms with E-state index in [-0.39, 0.29) is 5.56 Å². The zero-order valence-corrected chi connectivity index (χ0v) is 16.4. The predicted octanol–water partition coefficient (Wildman–Crippen LogP) is 4.16. The number of aryl methyl sites for hydroxylation is 2. The number of aromatic nitrogens is 4. The molecule has 0 fully saturated rings. The predicted molar refractivity (Wildman–Crippen MR) is 107 cm³/mol. The molecule has 0 atom stereocenters. The van der Waals surface area contributed by atoms with Gasteiger partial charge in [-0.05, 0) is 38.0 Å². The fourth-order valence-electron chi connectivity index (χ4n) is 2.89. The fourth-order valence-corrected chi connectivity index (χ4v) is 4.64. The van der Waals surface area contributed by atoms with Crippen LogP contribution in [0.2, 0.25) is 0 Å². The van der Waals surface area contributed by atoms with E-state index >= 15 is 0 Å². The summed E-state index contributed by atoms with van der Waals surface area (Å²) >= 11 is 3.08. The molecule has 7 heteroatoms. The molecule has 5 nitrogen and oxygen atoms in total. The molecule has 3 heterocycles. The molecule has 0 saturated heterocycles. The molecular formula is C19H18N4OS2. The Bertz CT molecular complexity index is 1160. The van der Waals surface area contributed by atoms with Gasteiger partial charge in [-0.2, -0.15) is 0 Å². The number of benzene rings is 1. The zero-order valence-electron chi connectivity index (χ0n) is 14.8. The van der Waals surface area contributed by atoms with Gasteiger partial charge in [-0.3, -0.25) is 13.8 Å². The second-order valence-corrected chi connectivity index (χ2v) is 7.95. The molecule has 0 aliphatic heterocycles. The maximum atomic E-state index is 12.3. The van der Waals surface area contributed by atoms with Crippen LogP contribution < -0.4 is 5.56 Å². The van der Waals surface area contributed by atoms with E-state index in [9.17, 15) is 4.79 Å². The van der Waals surface area contributed by atoms with Gasteiger partial charge in [0.15, 0.2) is 10.1 Å². The van der Waals surface area contributed by atoms with Crippen LogP contribution in [0.5, 0.6) is 0 Å². The van der Waals surface area contributed by atoms with E-state index in [1.165, 1.54) is 22.5 Å². The first-order valence-electron chi connectivity index (χ1n) is 8.24. The third-order valence-electron chi connectivity index (χ3n) is 4.42.